The maximum Gasteiger partial charge on any atom is 0.230 e. The Morgan fingerprint density at radius 3 is 2.41 bits per heavy atom. The Morgan fingerprint density at radius 1 is 1.23 bits per heavy atom. The van der Waals surface area contributed by atoms with Gasteiger partial charge in [0.2, 0.25) is 5.91 Å². The summed E-state index contributed by atoms with van der Waals surface area (Å²) in [4.78, 5) is 12.5. The van der Waals surface area contributed by atoms with Gasteiger partial charge >= 0.3 is 0 Å². The monoisotopic (exact) mass is 301 g/mol. The fourth-order valence-electron chi connectivity index (χ4n) is 2.28. The zero-order valence-electron chi connectivity index (χ0n) is 13.3. The standard InChI is InChI=1S/C18H23NO3/c1-4-16(11-20)19-17(21)18(2,3)15-7-5-13(6-8-15)14-9-10-22-12-14/h5-10,12,16,20H,4,11H2,1-3H3,(H,19,21)/t16-/m0/s1. The predicted octanol–water partition coefficient (Wildman–Crippen LogP) is 3.11. The summed E-state index contributed by atoms with van der Waals surface area (Å²) in [5, 5.41) is 12.1. The summed E-state index contributed by atoms with van der Waals surface area (Å²) in [5.41, 5.74) is 2.35. The van der Waals surface area contributed by atoms with Crippen molar-refractivity contribution in [2.75, 3.05) is 6.61 Å². The lowest BCUT2D eigenvalue weighted by molar-refractivity contribution is -0.126. The minimum Gasteiger partial charge on any atom is -0.472 e. The highest BCUT2D eigenvalue weighted by Gasteiger charge is 2.30. The quantitative estimate of drug-likeness (QED) is 0.861. The summed E-state index contributed by atoms with van der Waals surface area (Å²) in [6.45, 7) is 5.67. The molecule has 118 valence electrons. The van der Waals surface area contributed by atoms with Crippen molar-refractivity contribution in [1.82, 2.24) is 5.32 Å². The average Bonchev–Trinajstić information content (AvgIpc) is 3.06. The number of carbonyl (C=O) groups excluding carboxylic acids is 1. The molecule has 4 nitrogen and oxygen atoms in total. The molecule has 0 unspecified atom stereocenters. The van der Waals surface area contributed by atoms with E-state index in [4.69, 9.17) is 4.42 Å². The van der Waals surface area contributed by atoms with Crippen LogP contribution in [0.1, 0.15) is 32.8 Å². The normalized spacial score (nSPS) is 12.9. The first kappa shape index (κ1) is 16.3. The molecule has 4 heteroatoms. The Balaban J connectivity index is 2.16. The maximum atomic E-state index is 12.5. The Hall–Kier alpha value is -2.07. The van der Waals surface area contributed by atoms with Gasteiger partial charge in [0.25, 0.3) is 0 Å². The van der Waals surface area contributed by atoms with Gasteiger partial charge in [-0.25, -0.2) is 0 Å². The van der Waals surface area contributed by atoms with Crippen molar-refractivity contribution in [1.29, 1.82) is 0 Å². The zero-order chi connectivity index (χ0) is 16.2. The summed E-state index contributed by atoms with van der Waals surface area (Å²) in [6.07, 6.45) is 4.04. The van der Waals surface area contributed by atoms with E-state index in [9.17, 15) is 9.90 Å². The Bertz CT molecular complexity index is 596. The fourth-order valence-corrected chi connectivity index (χ4v) is 2.28. The molecule has 1 amide bonds. The van der Waals surface area contributed by atoms with Gasteiger partial charge in [-0.15, -0.1) is 0 Å². The molecule has 2 aromatic rings. The van der Waals surface area contributed by atoms with Gasteiger partial charge in [-0.1, -0.05) is 31.2 Å². The van der Waals surface area contributed by atoms with Crippen LogP contribution in [0.5, 0.6) is 0 Å². The lowest BCUT2D eigenvalue weighted by Gasteiger charge is -2.27. The molecule has 0 radical (unpaired) electrons. The van der Waals surface area contributed by atoms with Crippen LogP contribution >= 0.6 is 0 Å². The molecule has 0 bridgehead atoms. The number of carbonyl (C=O) groups is 1. The number of hydrogen-bond donors (Lipinski definition) is 2. The number of aliphatic hydroxyl groups excluding tert-OH is 1. The molecular weight excluding hydrogens is 278 g/mol. The van der Waals surface area contributed by atoms with Gasteiger partial charge in [0, 0.05) is 5.56 Å². The summed E-state index contributed by atoms with van der Waals surface area (Å²) in [5.74, 6) is -0.0792. The molecule has 2 N–H and O–H groups in total. The Kier molecular flexibility index (Phi) is 5.03. The second-order valence-corrected chi connectivity index (χ2v) is 5.98. The molecule has 0 aliphatic carbocycles. The second-order valence-electron chi connectivity index (χ2n) is 5.98. The van der Waals surface area contributed by atoms with Crippen molar-refractivity contribution in [3.8, 4) is 11.1 Å². The number of amides is 1. The molecule has 0 aliphatic rings. The van der Waals surface area contributed by atoms with E-state index in [0.29, 0.717) is 6.42 Å². The summed E-state index contributed by atoms with van der Waals surface area (Å²) in [7, 11) is 0. The maximum absolute atomic E-state index is 12.5. The zero-order valence-corrected chi connectivity index (χ0v) is 13.3. The van der Waals surface area contributed by atoms with E-state index in [-0.39, 0.29) is 18.6 Å². The lowest BCUT2D eigenvalue weighted by Crippen LogP contribution is -2.46. The van der Waals surface area contributed by atoms with E-state index in [1.165, 1.54) is 0 Å². The van der Waals surface area contributed by atoms with Gasteiger partial charge in [0.05, 0.1) is 30.6 Å². The summed E-state index contributed by atoms with van der Waals surface area (Å²) in [6, 6.07) is 9.60. The first-order valence-corrected chi connectivity index (χ1v) is 7.54. The van der Waals surface area contributed by atoms with E-state index in [1.54, 1.807) is 12.5 Å². The van der Waals surface area contributed by atoms with Crippen molar-refractivity contribution in [2.45, 2.75) is 38.6 Å². The summed E-state index contributed by atoms with van der Waals surface area (Å²) < 4.78 is 5.09. The molecule has 0 aliphatic heterocycles. The van der Waals surface area contributed by atoms with E-state index < -0.39 is 5.41 Å². The molecule has 0 saturated carbocycles. The van der Waals surface area contributed by atoms with Gasteiger partial charge in [-0.05, 0) is 37.5 Å². The van der Waals surface area contributed by atoms with Gasteiger partial charge in [-0.3, -0.25) is 4.79 Å². The minimum absolute atomic E-state index is 0.0439. The number of rotatable bonds is 6. The van der Waals surface area contributed by atoms with Crippen LogP contribution in [0.2, 0.25) is 0 Å². The molecule has 22 heavy (non-hydrogen) atoms. The molecule has 1 atom stereocenters. The second kappa shape index (κ2) is 6.79. The van der Waals surface area contributed by atoms with Crippen molar-refractivity contribution in [3.63, 3.8) is 0 Å². The number of nitrogens with one attached hydrogen (secondary N) is 1. The molecule has 2 rings (SSSR count). The third-order valence-corrected chi connectivity index (χ3v) is 4.08. The molecule has 1 aromatic carbocycles. The van der Waals surface area contributed by atoms with Crippen LogP contribution in [-0.2, 0) is 10.2 Å². The highest BCUT2D eigenvalue weighted by atomic mass is 16.3. The summed E-state index contributed by atoms with van der Waals surface area (Å²) >= 11 is 0. The highest BCUT2D eigenvalue weighted by molar-refractivity contribution is 5.87. The van der Waals surface area contributed by atoms with Crippen molar-refractivity contribution >= 4 is 5.91 Å². The number of aliphatic hydroxyl groups is 1. The van der Waals surface area contributed by atoms with Gasteiger partial charge in [-0.2, -0.15) is 0 Å². The third-order valence-electron chi connectivity index (χ3n) is 4.08. The SMILES string of the molecule is CC[C@@H](CO)NC(=O)C(C)(C)c1ccc(-c2ccoc2)cc1. The van der Waals surface area contributed by atoms with Gasteiger partial charge in [0.1, 0.15) is 0 Å². The number of hydrogen-bond acceptors (Lipinski definition) is 3. The number of benzene rings is 1. The van der Waals surface area contributed by atoms with Crippen LogP contribution in [0.3, 0.4) is 0 Å². The van der Waals surface area contributed by atoms with Crippen LogP contribution in [0.25, 0.3) is 11.1 Å². The first-order valence-electron chi connectivity index (χ1n) is 7.54. The third kappa shape index (κ3) is 3.39. The molecule has 1 aromatic heterocycles. The van der Waals surface area contributed by atoms with Crippen LogP contribution in [-0.4, -0.2) is 23.7 Å². The largest absolute Gasteiger partial charge is 0.472 e. The van der Waals surface area contributed by atoms with Gasteiger partial charge < -0.3 is 14.8 Å². The van der Waals surface area contributed by atoms with Crippen molar-refractivity contribution in [2.24, 2.45) is 0 Å². The van der Waals surface area contributed by atoms with Crippen LogP contribution < -0.4 is 5.32 Å². The fraction of sp³-hybridized carbons (Fsp3) is 0.389. The Labute approximate surface area is 131 Å². The Morgan fingerprint density at radius 2 is 1.91 bits per heavy atom. The molecule has 0 saturated heterocycles. The van der Waals surface area contributed by atoms with Crippen LogP contribution in [0.4, 0.5) is 0 Å². The smallest absolute Gasteiger partial charge is 0.230 e. The van der Waals surface area contributed by atoms with Crippen LogP contribution in [0.15, 0.2) is 47.3 Å². The van der Waals surface area contributed by atoms with E-state index in [2.05, 4.69) is 5.32 Å². The lowest BCUT2D eigenvalue weighted by atomic mass is 9.83. The molecule has 1 heterocycles. The molecular formula is C18H23NO3. The van der Waals surface area contributed by atoms with Crippen LogP contribution in [0, 0.1) is 0 Å². The topological polar surface area (TPSA) is 62.5 Å². The van der Waals surface area contributed by atoms with E-state index in [1.807, 2.05) is 51.1 Å². The van der Waals surface area contributed by atoms with Crippen molar-refractivity contribution < 1.29 is 14.3 Å². The van der Waals surface area contributed by atoms with E-state index in [0.717, 1.165) is 16.7 Å². The average molecular weight is 301 g/mol. The first-order chi connectivity index (χ1) is 10.5. The highest BCUT2D eigenvalue weighted by Crippen LogP contribution is 2.27. The minimum atomic E-state index is -0.655. The molecule has 0 spiro atoms. The van der Waals surface area contributed by atoms with Crippen molar-refractivity contribution in [3.05, 3.63) is 48.4 Å². The van der Waals surface area contributed by atoms with Gasteiger partial charge in [0.15, 0.2) is 0 Å². The molecule has 0 fully saturated rings. The van der Waals surface area contributed by atoms with E-state index >= 15 is 0 Å². The predicted molar refractivity (Wildman–Crippen MR) is 86.5 cm³/mol. The number of furan rings is 1.